The molecule has 0 unspecified atom stereocenters. The largest absolute Gasteiger partial charge is 0.477 e. The smallest absolute Gasteiger partial charge is 0.424 e. The van der Waals surface area contributed by atoms with Crippen molar-refractivity contribution in [1.82, 2.24) is 0 Å². The summed E-state index contributed by atoms with van der Waals surface area (Å²) in [6.07, 6.45) is -2.25. The van der Waals surface area contributed by atoms with Gasteiger partial charge in [-0.25, -0.2) is 14.4 Å². The molecule has 0 saturated carbocycles. The number of nitrogens with zero attached hydrogens (tertiary/aromatic N) is 2. The lowest BCUT2D eigenvalue weighted by molar-refractivity contribution is 0.0430. The molecule has 1 aromatic rings. The molecule has 1 N–H and O–H groups in total. The van der Waals surface area contributed by atoms with Crippen molar-refractivity contribution in [3.05, 3.63) is 15.8 Å². The van der Waals surface area contributed by atoms with Crippen LogP contribution in [0, 0.1) is 11.3 Å². The topological polar surface area (TPSA) is 117 Å². The normalized spacial score (nSPS) is 11.4. The molecule has 0 aliphatic heterocycles. The second-order valence-corrected chi connectivity index (χ2v) is 7.92. The third-order valence-electron chi connectivity index (χ3n) is 2.46. The second-order valence-electron chi connectivity index (χ2n) is 7.04. The summed E-state index contributed by atoms with van der Waals surface area (Å²) in [5.41, 5.74) is -2.38. The van der Waals surface area contributed by atoms with E-state index in [9.17, 15) is 24.8 Å². The van der Waals surface area contributed by atoms with Crippen LogP contribution in [-0.2, 0) is 9.47 Å². The Kier molecular flexibility index (Phi) is 5.81. The third kappa shape index (κ3) is 5.46. The quantitative estimate of drug-likeness (QED) is 0.838. The predicted molar refractivity (Wildman–Crippen MR) is 90.9 cm³/mol. The fraction of sp³-hybridized carbons (Fsp3) is 0.500. The van der Waals surface area contributed by atoms with Crippen molar-refractivity contribution in [1.29, 1.82) is 5.26 Å². The number of carboxylic acid groups (broad SMARTS) is 1. The number of hydrogen-bond acceptors (Lipinski definition) is 7. The number of amides is 2. The number of imide groups is 1. The Labute approximate surface area is 149 Å². The van der Waals surface area contributed by atoms with E-state index in [-0.39, 0.29) is 16.1 Å². The summed E-state index contributed by atoms with van der Waals surface area (Å²) in [5.74, 6) is -1.38. The van der Waals surface area contributed by atoms with E-state index in [1.165, 1.54) is 5.38 Å². The first-order valence-corrected chi connectivity index (χ1v) is 8.16. The van der Waals surface area contributed by atoms with E-state index < -0.39 is 29.4 Å². The highest BCUT2D eigenvalue weighted by Gasteiger charge is 2.37. The van der Waals surface area contributed by atoms with Crippen LogP contribution in [0.3, 0.4) is 0 Å². The standard InChI is InChI=1S/C16H20N2O6S/c1-15(2,3)23-13(21)18(14(22)24-16(4,5)6)10-9(7-17)8-25-11(10)12(19)20/h8H,1-6H3,(H,19,20). The van der Waals surface area contributed by atoms with Gasteiger partial charge in [-0.05, 0) is 41.5 Å². The highest BCUT2D eigenvalue weighted by Crippen LogP contribution is 2.33. The average Bonchev–Trinajstić information content (AvgIpc) is 2.78. The molecule has 25 heavy (non-hydrogen) atoms. The highest BCUT2D eigenvalue weighted by molar-refractivity contribution is 7.12. The van der Waals surface area contributed by atoms with Gasteiger partial charge in [0.05, 0.1) is 5.56 Å². The molecule has 0 saturated heterocycles. The summed E-state index contributed by atoms with van der Waals surface area (Å²) in [7, 11) is 0. The zero-order valence-electron chi connectivity index (χ0n) is 14.9. The summed E-state index contributed by atoms with van der Waals surface area (Å²) in [4.78, 5) is 36.6. The minimum atomic E-state index is -1.38. The molecule has 1 heterocycles. The number of carbonyl (C=O) groups is 3. The number of carboxylic acids is 1. The Morgan fingerprint density at radius 3 is 1.84 bits per heavy atom. The molecule has 0 aliphatic rings. The Hall–Kier alpha value is -2.60. The molecular formula is C16H20N2O6S. The molecule has 8 nitrogen and oxygen atoms in total. The summed E-state index contributed by atoms with van der Waals surface area (Å²) < 4.78 is 10.4. The van der Waals surface area contributed by atoms with Gasteiger partial charge < -0.3 is 14.6 Å². The molecule has 0 bridgehead atoms. The second kappa shape index (κ2) is 7.11. The summed E-state index contributed by atoms with van der Waals surface area (Å²) in [6.45, 7) is 9.55. The van der Waals surface area contributed by atoms with Crippen LogP contribution in [0.5, 0.6) is 0 Å². The van der Waals surface area contributed by atoms with Gasteiger partial charge in [-0.1, -0.05) is 0 Å². The van der Waals surface area contributed by atoms with Gasteiger partial charge in [-0.3, -0.25) is 0 Å². The van der Waals surface area contributed by atoms with Crippen LogP contribution in [0.4, 0.5) is 15.3 Å². The maximum absolute atomic E-state index is 12.5. The molecule has 0 atom stereocenters. The van der Waals surface area contributed by atoms with Gasteiger partial charge in [-0.2, -0.15) is 10.2 Å². The van der Waals surface area contributed by atoms with E-state index in [0.29, 0.717) is 4.90 Å². The molecule has 136 valence electrons. The van der Waals surface area contributed by atoms with Crippen LogP contribution < -0.4 is 4.90 Å². The van der Waals surface area contributed by atoms with Crippen molar-refractivity contribution in [3.8, 4) is 6.07 Å². The zero-order valence-corrected chi connectivity index (χ0v) is 15.7. The van der Waals surface area contributed by atoms with Crippen LogP contribution in [0.15, 0.2) is 5.38 Å². The minimum absolute atomic E-state index is 0.140. The van der Waals surface area contributed by atoms with Gasteiger partial charge in [-0.15, -0.1) is 11.3 Å². The monoisotopic (exact) mass is 368 g/mol. The first-order valence-electron chi connectivity index (χ1n) is 7.28. The number of nitriles is 1. The fourth-order valence-corrected chi connectivity index (χ4v) is 2.49. The van der Waals surface area contributed by atoms with Crippen LogP contribution in [-0.4, -0.2) is 34.5 Å². The van der Waals surface area contributed by atoms with Crippen LogP contribution in [0.25, 0.3) is 0 Å². The lowest BCUT2D eigenvalue weighted by Gasteiger charge is -2.28. The van der Waals surface area contributed by atoms with Crippen molar-refractivity contribution in [3.63, 3.8) is 0 Å². The molecule has 0 aliphatic carbocycles. The Bertz CT molecular complexity index is 705. The Morgan fingerprint density at radius 2 is 1.52 bits per heavy atom. The third-order valence-corrected chi connectivity index (χ3v) is 3.41. The van der Waals surface area contributed by atoms with Crippen molar-refractivity contribution >= 4 is 35.2 Å². The molecule has 1 rings (SSSR count). The van der Waals surface area contributed by atoms with E-state index in [0.717, 1.165) is 11.3 Å². The Morgan fingerprint density at radius 1 is 1.08 bits per heavy atom. The SMILES string of the molecule is CC(C)(C)OC(=O)N(C(=O)OC(C)(C)C)c1c(C#N)csc1C(=O)O. The van der Waals surface area contributed by atoms with Crippen molar-refractivity contribution in [2.45, 2.75) is 52.7 Å². The van der Waals surface area contributed by atoms with Crippen molar-refractivity contribution < 1.29 is 29.0 Å². The van der Waals surface area contributed by atoms with Crippen LogP contribution >= 0.6 is 11.3 Å². The van der Waals surface area contributed by atoms with E-state index in [1.54, 1.807) is 47.6 Å². The molecule has 0 aromatic carbocycles. The van der Waals surface area contributed by atoms with Crippen LogP contribution in [0.1, 0.15) is 56.8 Å². The summed E-state index contributed by atoms with van der Waals surface area (Å²) in [5, 5.41) is 19.8. The van der Waals surface area contributed by atoms with Crippen LogP contribution in [0.2, 0.25) is 0 Å². The summed E-state index contributed by atoms with van der Waals surface area (Å²) in [6, 6.07) is 1.78. The number of ether oxygens (including phenoxy) is 2. The molecule has 0 radical (unpaired) electrons. The van der Waals surface area contributed by atoms with E-state index in [2.05, 4.69) is 0 Å². The lowest BCUT2D eigenvalue weighted by Crippen LogP contribution is -2.44. The van der Waals surface area contributed by atoms with Gasteiger partial charge in [0.25, 0.3) is 0 Å². The average molecular weight is 368 g/mol. The number of aromatic carboxylic acids is 1. The number of hydrogen-bond donors (Lipinski definition) is 1. The van der Waals surface area contributed by atoms with Gasteiger partial charge >= 0.3 is 18.2 Å². The van der Waals surface area contributed by atoms with Crippen molar-refractivity contribution in [2.75, 3.05) is 4.90 Å². The number of carbonyl (C=O) groups excluding carboxylic acids is 2. The van der Waals surface area contributed by atoms with Crippen molar-refractivity contribution in [2.24, 2.45) is 0 Å². The zero-order chi connectivity index (χ0) is 19.6. The van der Waals surface area contributed by atoms with Gasteiger partial charge in [0.15, 0.2) is 0 Å². The molecule has 0 spiro atoms. The van der Waals surface area contributed by atoms with E-state index >= 15 is 0 Å². The van der Waals surface area contributed by atoms with E-state index in [1.807, 2.05) is 0 Å². The fourth-order valence-electron chi connectivity index (χ4n) is 1.68. The highest BCUT2D eigenvalue weighted by atomic mass is 32.1. The van der Waals surface area contributed by atoms with Gasteiger partial charge in [0, 0.05) is 5.38 Å². The molecule has 1 aromatic heterocycles. The number of thiophene rings is 1. The number of rotatable bonds is 2. The molecule has 9 heteroatoms. The molecular weight excluding hydrogens is 348 g/mol. The first-order chi connectivity index (χ1) is 11.3. The summed E-state index contributed by atoms with van der Waals surface area (Å²) >= 11 is 0.729. The van der Waals surface area contributed by atoms with E-state index in [4.69, 9.17) is 9.47 Å². The molecule has 2 amide bonds. The molecule has 0 fully saturated rings. The minimum Gasteiger partial charge on any atom is -0.477 e. The lowest BCUT2D eigenvalue weighted by atomic mass is 10.2. The maximum atomic E-state index is 12.5. The first kappa shape index (κ1) is 20.4. The van der Waals surface area contributed by atoms with Gasteiger partial charge in [0.2, 0.25) is 0 Å². The number of anilines is 1. The van der Waals surface area contributed by atoms with Gasteiger partial charge in [0.1, 0.15) is 27.8 Å². The predicted octanol–water partition coefficient (Wildman–Crippen LogP) is 3.99. The Balaban J connectivity index is 3.50. The maximum Gasteiger partial charge on any atom is 0.424 e.